The largest absolute Gasteiger partial charge is 0.352 e. The SMILES string of the molecule is NCC(NC(=O)C1CC2CCCC(C1)C2N)C1CC1. The number of rotatable bonds is 4. The fraction of sp³-hybridized carbons (Fsp3) is 0.933. The van der Waals surface area contributed by atoms with Crippen molar-refractivity contribution in [3.05, 3.63) is 0 Å². The minimum atomic E-state index is 0.183. The van der Waals surface area contributed by atoms with Gasteiger partial charge in [-0.15, -0.1) is 0 Å². The van der Waals surface area contributed by atoms with Crippen LogP contribution in [0.1, 0.15) is 44.9 Å². The molecule has 3 atom stereocenters. The van der Waals surface area contributed by atoms with E-state index in [1.807, 2.05) is 0 Å². The second-order valence-electron chi connectivity index (χ2n) is 6.88. The zero-order chi connectivity index (χ0) is 13.4. The summed E-state index contributed by atoms with van der Waals surface area (Å²) < 4.78 is 0. The second kappa shape index (κ2) is 5.41. The standard InChI is InChI=1S/C15H27N3O/c16-8-13(9-4-5-9)18-15(19)12-6-10-2-1-3-11(7-12)14(10)17/h9-14H,1-8,16-17H2,(H,18,19). The van der Waals surface area contributed by atoms with Crippen LogP contribution in [0.25, 0.3) is 0 Å². The van der Waals surface area contributed by atoms with Crippen molar-refractivity contribution >= 4 is 5.91 Å². The lowest BCUT2D eigenvalue weighted by Gasteiger charge is -2.43. The Kier molecular flexibility index (Phi) is 3.81. The average Bonchev–Trinajstić information content (AvgIpc) is 3.19. The maximum Gasteiger partial charge on any atom is 0.223 e. The number of carbonyl (C=O) groups is 1. The molecule has 4 heteroatoms. The molecule has 5 N–H and O–H groups in total. The third-order valence-electron chi connectivity index (χ3n) is 5.56. The monoisotopic (exact) mass is 265 g/mol. The van der Waals surface area contributed by atoms with Crippen molar-refractivity contribution in [3.8, 4) is 0 Å². The minimum absolute atomic E-state index is 0.183. The fourth-order valence-electron chi connectivity index (χ4n) is 4.17. The van der Waals surface area contributed by atoms with Gasteiger partial charge in [0.15, 0.2) is 0 Å². The van der Waals surface area contributed by atoms with Gasteiger partial charge in [0.1, 0.15) is 0 Å². The first kappa shape index (κ1) is 13.4. The molecule has 0 spiro atoms. The van der Waals surface area contributed by atoms with Crippen LogP contribution in [0.15, 0.2) is 0 Å². The number of nitrogens with one attached hydrogen (secondary N) is 1. The molecule has 0 aliphatic heterocycles. The first-order chi connectivity index (χ1) is 9.19. The van der Waals surface area contributed by atoms with E-state index < -0.39 is 0 Å². The van der Waals surface area contributed by atoms with Gasteiger partial charge in [-0.05, 0) is 56.3 Å². The molecule has 0 aromatic heterocycles. The van der Waals surface area contributed by atoms with Gasteiger partial charge in [0.2, 0.25) is 5.91 Å². The van der Waals surface area contributed by atoms with Crippen LogP contribution in [0, 0.1) is 23.7 Å². The Morgan fingerprint density at radius 3 is 2.32 bits per heavy atom. The van der Waals surface area contributed by atoms with Crippen molar-refractivity contribution in [1.29, 1.82) is 0 Å². The van der Waals surface area contributed by atoms with E-state index in [0.29, 0.717) is 30.3 Å². The first-order valence-electron chi connectivity index (χ1n) is 7.95. The fourth-order valence-corrected chi connectivity index (χ4v) is 4.17. The van der Waals surface area contributed by atoms with E-state index in [1.165, 1.54) is 32.1 Å². The van der Waals surface area contributed by atoms with Crippen LogP contribution in [0.4, 0.5) is 0 Å². The highest BCUT2D eigenvalue weighted by Crippen LogP contribution is 2.42. The number of carbonyl (C=O) groups excluding carboxylic acids is 1. The molecular formula is C15H27N3O. The molecule has 3 unspecified atom stereocenters. The predicted molar refractivity (Wildman–Crippen MR) is 75.2 cm³/mol. The van der Waals surface area contributed by atoms with E-state index in [4.69, 9.17) is 11.5 Å². The Morgan fingerprint density at radius 1 is 1.16 bits per heavy atom. The third kappa shape index (κ3) is 2.79. The zero-order valence-electron chi connectivity index (χ0n) is 11.7. The smallest absolute Gasteiger partial charge is 0.223 e. The Bertz CT molecular complexity index is 328. The van der Waals surface area contributed by atoms with E-state index >= 15 is 0 Å². The van der Waals surface area contributed by atoms with E-state index in [9.17, 15) is 4.79 Å². The molecule has 3 saturated carbocycles. The van der Waals surface area contributed by atoms with E-state index in [1.54, 1.807) is 0 Å². The third-order valence-corrected chi connectivity index (χ3v) is 5.56. The molecule has 0 radical (unpaired) electrons. The van der Waals surface area contributed by atoms with Crippen molar-refractivity contribution in [2.24, 2.45) is 35.1 Å². The topological polar surface area (TPSA) is 81.1 Å². The predicted octanol–water partition coefficient (Wildman–Crippen LogP) is 0.994. The van der Waals surface area contributed by atoms with Gasteiger partial charge < -0.3 is 16.8 Å². The summed E-state index contributed by atoms with van der Waals surface area (Å²) in [5, 5.41) is 3.20. The van der Waals surface area contributed by atoms with Crippen molar-refractivity contribution in [3.63, 3.8) is 0 Å². The Balaban J connectivity index is 1.58. The van der Waals surface area contributed by atoms with Crippen LogP contribution in [0.5, 0.6) is 0 Å². The van der Waals surface area contributed by atoms with Gasteiger partial charge >= 0.3 is 0 Å². The molecule has 3 aliphatic carbocycles. The quantitative estimate of drug-likeness (QED) is 0.709. The first-order valence-corrected chi connectivity index (χ1v) is 7.95. The summed E-state index contributed by atoms with van der Waals surface area (Å²) in [6, 6.07) is 0.550. The summed E-state index contributed by atoms with van der Waals surface area (Å²) in [4.78, 5) is 12.4. The maximum absolute atomic E-state index is 12.4. The highest BCUT2D eigenvalue weighted by Gasteiger charge is 2.41. The molecule has 19 heavy (non-hydrogen) atoms. The lowest BCUT2D eigenvalue weighted by atomic mass is 9.65. The Labute approximate surface area is 115 Å². The molecule has 4 nitrogen and oxygen atoms in total. The second-order valence-corrected chi connectivity index (χ2v) is 6.88. The van der Waals surface area contributed by atoms with Crippen molar-refractivity contribution < 1.29 is 4.79 Å². The van der Waals surface area contributed by atoms with E-state index in [2.05, 4.69) is 5.32 Å². The normalized spacial score (nSPS) is 39.7. The Hall–Kier alpha value is -0.610. The summed E-state index contributed by atoms with van der Waals surface area (Å²) in [5.74, 6) is 2.20. The number of fused-ring (bicyclic) bond motifs is 2. The minimum Gasteiger partial charge on any atom is -0.352 e. The van der Waals surface area contributed by atoms with E-state index in [-0.39, 0.29) is 17.9 Å². The molecule has 1 amide bonds. The van der Waals surface area contributed by atoms with Crippen molar-refractivity contribution in [2.45, 2.75) is 57.0 Å². The van der Waals surface area contributed by atoms with Crippen LogP contribution in [-0.4, -0.2) is 24.5 Å². The highest BCUT2D eigenvalue weighted by molar-refractivity contribution is 5.79. The van der Waals surface area contributed by atoms with E-state index in [0.717, 1.165) is 12.8 Å². The number of amides is 1. The number of hydrogen-bond donors (Lipinski definition) is 3. The molecule has 3 fully saturated rings. The van der Waals surface area contributed by atoms with Gasteiger partial charge in [0.25, 0.3) is 0 Å². The van der Waals surface area contributed by atoms with Gasteiger partial charge in [-0.1, -0.05) is 6.42 Å². The van der Waals surface area contributed by atoms with Gasteiger partial charge in [-0.25, -0.2) is 0 Å². The average molecular weight is 265 g/mol. The Morgan fingerprint density at radius 2 is 1.79 bits per heavy atom. The van der Waals surface area contributed by atoms with Crippen LogP contribution >= 0.6 is 0 Å². The maximum atomic E-state index is 12.4. The summed E-state index contributed by atoms with van der Waals surface area (Å²) in [7, 11) is 0. The molecule has 3 rings (SSSR count). The van der Waals surface area contributed by atoms with Crippen molar-refractivity contribution in [1.82, 2.24) is 5.32 Å². The summed E-state index contributed by atoms with van der Waals surface area (Å²) in [6.07, 6.45) is 8.16. The molecule has 2 bridgehead atoms. The number of nitrogens with two attached hydrogens (primary N) is 2. The number of hydrogen-bond acceptors (Lipinski definition) is 3. The lowest BCUT2D eigenvalue weighted by molar-refractivity contribution is -0.128. The van der Waals surface area contributed by atoms with Crippen LogP contribution in [0.3, 0.4) is 0 Å². The van der Waals surface area contributed by atoms with Gasteiger partial charge in [-0.2, -0.15) is 0 Å². The molecule has 108 valence electrons. The summed E-state index contributed by atoms with van der Waals surface area (Å²) in [5.41, 5.74) is 12.1. The zero-order valence-corrected chi connectivity index (χ0v) is 11.7. The van der Waals surface area contributed by atoms with Gasteiger partial charge in [0, 0.05) is 24.5 Å². The van der Waals surface area contributed by atoms with Gasteiger partial charge in [-0.3, -0.25) is 4.79 Å². The summed E-state index contributed by atoms with van der Waals surface area (Å²) >= 11 is 0. The summed E-state index contributed by atoms with van der Waals surface area (Å²) in [6.45, 7) is 0.579. The lowest BCUT2D eigenvalue weighted by Crippen LogP contribution is -2.51. The van der Waals surface area contributed by atoms with Crippen LogP contribution in [0.2, 0.25) is 0 Å². The molecule has 0 aromatic carbocycles. The van der Waals surface area contributed by atoms with Crippen LogP contribution < -0.4 is 16.8 Å². The highest BCUT2D eigenvalue weighted by atomic mass is 16.2. The molecule has 0 aromatic rings. The molecule has 3 aliphatic rings. The van der Waals surface area contributed by atoms with Crippen molar-refractivity contribution in [2.75, 3.05) is 6.54 Å². The molecule has 0 saturated heterocycles. The molecule has 0 heterocycles. The van der Waals surface area contributed by atoms with Gasteiger partial charge in [0.05, 0.1) is 0 Å². The molecular weight excluding hydrogens is 238 g/mol. The van der Waals surface area contributed by atoms with Crippen LogP contribution in [-0.2, 0) is 4.79 Å².